The number of nitrogens with one attached hydrogen (secondary N) is 2. The van der Waals surface area contributed by atoms with Crippen molar-refractivity contribution in [1.82, 2.24) is 10.6 Å². The summed E-state index contributed by atoms with van der Waals surface area (Å²) >= 11 is 3.54. The van der Waals surface area contributed by atoms with Crippen molar-refractivity contribution in [2.24, 2.45) is 0 Å². The lowest BCUT2D eigenvalue weighted by Crippen LogP contribution is -2.21. The smallest absolute Gasteiger partial charge is 0.0220 e. The molecule has 0 fully saturated rings. The molecule has 2 nitrogen and oxygen atoms in total. The quantitative estimate of drug-likeness (QED) is 0.745. The van der Waals surface area contributed by atoms with Gasteiger partial charge in [-0.3, -0.25) is 0 Å². The molecule has 3 heteroatoms. The van der Waals surface area contributed by atoms with Crippen LogP contribution in [0.15, 0.2) is 28.7 Å². The summed E-state index contributed by atoms with van der Waals surface area (Å²) in [6.07, 6.45) is 1.18. The van der Waals surface area contributed by atoms with E-state index >= 15 is 0 Å². The van der Waals surface area contributed by atoms with Gasteiger partial charge < -0.3 is 10.6 Å². The van der Waals surface area contributed by atoms with E-state index in [1.54, 1.807) is 0 Å². The third-order valence-electron chi connectivity index (χ3n) is 2.23. The zero-order valence-corrected chi connectivity index (χ0v) is 10.8. The van der Waals surface area contributed by atoms with Crippen molar-refractivity contribution >= 4 is 15.9 Å². The second kappa shape index (κ2) is 7.85. The highest BCUT2D eigenvalue weighted by Crippen LogP contribution is 2.14. The van der Waals surface area contributed by atoms with Crippen LogP contribution in [0.3, 0.4) is 0 Å². The fraction of sp³-hybridized carbons (Fsp3) is 0.500. The lowest BCUT2D eigenvalue weighted by molar-refractivity contribution is 0.605. The SMILES string of the molecule is CCNCCCNCc1ccccc1Br. The molecule has 0 saturated heterocycles. The van der Waals surface area contributed by atoms with Crippen LogP contribution in [0.1, 0.15) is 18.9 Å². The summed E-state index contributed by atoms with van der Waals surface area (Å²) in [5.41, 5.74) is 1.32. The fourth-order valence-electron chi connectivity index (χ4n) is 1.38. The molecule has 0 saturated carbocycles. The number of hydrogen-bond donors (Lipinski definition) is 2. The minimum absolute atomic E-state index is 0.938. The molecule has 0 radical (unpaired) electrons. The van der Waals surface area contributed by atoms with Crippen LogP contribution in [0.2, 0.25) is 0 Å². The van der Waals surface area contributed by atoms with E-state index in [1.807, 2.05) is 6.07 Å². The Balaban J connectivity index is 2.12. The van der Waals surface area contributed by atoms with Gasteiger partial charge in [-0.1, -0.05) is 41.1 Å². The molecule has 0 aliphatic heterocycles. The van der Waals surface area contributed by atoms with Crippen LogP contribution < -0.4 is 10.6 Å². The summed E-state index contributed by atoms with van der Waals surface area (Å²) in [4.78, 5) is 0. The number of hydrogen-bond acceptors (Lipinski definition) is 2. The van der Waals surface area contributed by atoms with Crippen molar-refractivity contribution in [2.75, 3.05) is 19.6 Å². The Labute approximate surface area is 101 Å². The van der Waals surface area contributed by atoms with Crippen molar-refractivity contribution < 1.29 is 0 Å². The molecule has 0 unspecified atom stereocenters. The first-order valence-electron chi connectivity index (χ1n) is 5.49. The largest absolute Gasteiger partial charge is 0.317 e. The first-order valence-corrected chi connectivity index (χ1v) is 6.28. The average molecular weight is 271 g/mol. The minimum atomic E-state index is 0.938. The lowest BCUT2D eigenvalue weighted by atomic mass is 10.2. The van der Waals surface area contributed by atoms with Crippen molar-refractivity contribution in [3.8, 4) is 0 Å². The van der Waals surface area contributed by atoms with Crippen molar-refractivity contribution in [3.63, 3.8) is 0 Å². The molecule has 0 spiro atoms. The van der Waals surface area contributed by atoms with Crippen LogP contribution in [0.5, 0.6) is 0 Å². The number of rotatable bonds is 7. The zero-order chi connectivity index (χ0) is 10.9. The van der Waals surface area contributed by atoms with E-state index in [2.05, 4.69) is 51.7 Å². The van der Waals surface area contributed by atoms with Gasteiger partial charge >= 0.3 is 0 Å². The third-order valence-corrected chi connectivity index (χ3v) is 3.00. The molecule has 0 amide bonds. The Morgan fingerprint density at radius 3 is 2.60 bits per heavy atom. The topological polar surface area (TPSA) is 24.1 Å². The van der Waals surface area contributed by atoms with Gasteiger partial charge in [-0.25, -0.2) is 0 Å². The summed E-state index contributed by atoms with van der Waals surface area (Å²) in [5.74, 6) is 0. The maximum absolute atomic E-state index is 3.54. The van der Waals surface area contributed by atoms with Gasteiger partial charge in [-0.2, -0.15) is 0 Å². The van der Waals surface area contributed by atoms with Crippen molar-refractivity contribution in [3.05, 3.63) is 34.3 Å². The van der Waals surface area contributed by atoms with Gasteiger partial charge in [0.05, 0.1) is 0 Å². The van der Waals surface area contributed by atoms with Gasteiger partial charge in [0.15, 0.2) is 0 Å². The Hall–Kier alpha value is -0.380. The summed E-state index contributed by atoms with van der Waals surface area (Å²) < 4.78 is 1.18. The fourth-order valence-corrected chi connectivity index (χ4v) is 1.80. The highest BCUT2D eigenvalue weighted by Gasteiger charge is 1.96. The predicted molar refractivity (Wildman–Crippen MR) is 69.0 cm³/mol. The second-order valence-corrected chi connectivity index (χ2v) is 4.33. The molecule has 2 N–H and O–H groups in total. The summed E-state index contributed by atoms with van der Waals surface area (Å²) in [6.45, 7) is 6.29. The standard InChI is InChI=1S/C12H19BrN2/c1-2-14-8-5-9-15-10-11-6-3-4-7-12(11)13/h3-4,6-7,14-15H,2,5,8-10H2,1H3. The monoisotopic (exact) mass is 270 g/mol. The lowest BCUT2D eigenvalue weighted by Gasteiger charge is -2.06. The summed E-state index contributed by atoms with van der Waals surface area (Å²) in [5, 5.41) is 6.74. The molecular formula is C12H19BrN2. The van der Waals surface area contributed by atoms with Gasteiger partial charge in [-0.15, -0.1) is 0 Å². The van der Waals surface area contributed by atoms with Crippen LogP contribution >= 0.6 is 15.9 Å². The molecule has 84 valence electrons. The Kier molecular flexibility index (Phi) is 6.64. The average Bonchev–Trinajstić information content (AvgIpc) is 2.25. The second-order valence-electron chi connectivity index (χ2n) is 3.48. The first-order chi connectivity index (χ1) is 7.34. The third kappa shape index (κ3) is 5.30. The maximum Gasteiger partial charge on any atom is 0.0220 e. The molecule has 0 aliphatic rings. The highest BCUT2D eigenvalue weighted by atomic mass is 79.9. The Bertz CT molecular complexity index is 276. The van der Waals surface area contributed by atoms with E-state index in [0.717, 1.165) is 26.2 Å². The molecule has 0 heterocycles. The molecule has 15 heavy (non-hydrogen) atoms. The molecule has 1 rings (SSSR count). The highest BCUT2D eigenvalue weighted by molar-refractivity contribution is 9.10. The zero-order valence-electron chi connectivity index (χ0n) is 9.22. The van der Waals surface area contributed by atoms with Gasteiger partial charge in [0.1, 0.15) is 0 Å². The molecule has 0 aromatic heterocycles. The van der Waals surface area contributed by atoms with Crippen LogP contribution in [-0.2, 0) is 6.54 Å². The van der Waals surface area contributed by atoms with Gasteiger partial charge in [-0.05, 0) is 37.7 Å². The van der Waals surface area contributed by atoms with E-state index in [9.17, 15) is 0 Å². The molecule has 0 atom stereocenters. The van der Waals surface area contributed by atoms with E-state index in [4.69, 9.17) is 0 Å². The first kappa shape index (κ1) is 12.7. The van der Waals surface area contributed by atoms with Gasteiger partial charge in [0.25, 0.3) is 0 Å². The molecular weight excluding hydrogens is 252 g/mol. The van der Waals surface area contributed by atoms with Crippen molar-refractivity contribution in [1.29, 1.82) is 0 Å². The van der Waals surface area contributed by atoms with Crippen LogP contribution in [0, 0.1) is 0 Å². The van der Waals surface area contributed by atoms with E-state index in [0.29, 0.717) is 0 Å². The minimum Gasteiger partial charge on any atom is -0.317 e. The van der Waals surface area contributed by atoms with E-state index in [-0.39, 0.29) is 0 Å². The van der Waals surface area contributed by atoms with Crippen LogP contribution in [0.25, 0.3) is 0 Å². The van der Waals surface area contributed by atoms with E-state index in [1.165, 1.54) is 16.5 Å². The van der Waals surface area contributed by atoms with Crippen LogP contribution in [0.4, 0.5) is 0 Å². The normalized spacial score (nSPS) is 10.5. The molecule has 0 aliphatic carbocycles. The molecule has 0 bridgehead atoms. The van der Waals surface area contributed by atoms with Crippen LogP contribution in [-0.4, -0.2) is 19.6 Å². The predicted octanol–water partition coefficient (Wildman–Crippen LogP) is 2.54. The Morgan fingerprint density at radius 2 is 1.87 bits per heavy atom. The van der Waals surface area contributed by atoms with Crippen molar-refractivity contribution in [2.45, 2.75) is 19.9 Å². The van der Waals surface area contributed by atoms with Gasteiger partial charge in [0.2, 0.25) is 0 Å². The van der Waals surface area contributed by atoms with Gasteiger partial charge in [0, 0.05) is 11.0 Å². The Morgan fingerprint density at radius 1 is 1.13 bits per heavy atom. The summed E-state index contributed by atoms with van der Waals surface area (Å²) in [7, 11) is 0. The molecule has 1 aromatic carbocycles. The number of halogens is 1. The summed E-state index contributed by atoms with van der Waals surface area (Å²) in [6, 6.07) is 8.33. The van der Waals surface area contributed by atoms with E-state index < -0.39 is 0 Å². The molecule has 1 aromatic rings. The maximum atomic E-state index is 3.54. The number of benzene rings is 1.